The summed E-state index contributed by atoms with van der Waals surface area (Å²) in [5, 5.41) is 12.2. The summed E-state index contributed by atoms with van der Waals surface area (Å²) in [4.78, 5) is 36.6. The van der Waals surface area contributed by atoms with Gasteiger partial charge in [-0.3, -0.25) is 14.7 Å². The van der Waals surface area contributed by atoms with Crippen molar-refractivity contribution in [2.24, 2.45) is 0 Å². The largest absolute Gasteiger partial charge is 0.477 e. The monoisotopic (exact) mass is 405 g/mol. The number of rotatable bonds is 4. The van der Waals surface area contributed by atoms with Gasteiger partial charge in [-0.1, -0.05) is 30.3 Å². The second kappa shape index (κ2) is 6.55. The van der Waals surface area contributed by atoms with Crippen LogP contribution in [0.25, 0.3) is 27.8 Å². The highest BCUT2D eigenvalue weighted by atomic mass is 19.1. The van der Waals surface area contributed by atoms with E-state index in [0.717, 1.165) is 29.2 Å². The van der Waals surface area contributed by atoms with Crippen molar-refractivity contribution in [2.45, 2.75) is 18.9 Å². The van der Waals surface area contributed by atoms with Crippen LogP contribution >= 0.6 is 0 Å². The Hall–Kier alpha value is -3.94. The van der Waals surface area contributed by atoms with Gasteiger partial charge >= 0.3 is 5.97 Å². The van der Waals surface area contributed by atoms with E-state index in [1.807, 2.05) is 30.3 Å². The summed E-state index contributed by atoms with van der Waals surface area (Å²) in [6.07, 6.45) is 2.98. The van der Waals surface area contributed by atoms with E-state index in [1.54, 1.807) is 4.57 Å². The molecule has 1 fully saturated rings. The van der Waals surface area contributed by atoms with E-state index < -0.39 is 28.3 Å². The average Bonchev–Trinajstić information content (AvgIpc) is 3.50. The molecular weight excluding hydrogens is 389 g/mol. The number of fused-ring (bicyclic) bond motifs is 1. The van der Waals surface area contributed by atoms with Crippen LogP contribution in [-0.4, -0.2) is 25.4 Å². The Morgan fingerprint density at radius 1 is 1.10 bits per heavy atom. The fourth-order valence-corrected chi connectivity index (χ4v) is 3.68. The molecule has 0 bridgehead atoms. The summed E-state index contributed by atoms with van der Waals surface area (Å²) >= 11 is 0. The zero-order valence-corrected chi connectivity index (χ0v) is 15.6. The zero-order valence-electron chi connectivity index (χ0n) is 15.6. The number of aromatic amines is 1. The predicted octanol–water partition coefficient (Wildman–Crippen LogP) is 3.32. The van der Waals surface area contributed by atoms with E-state index in [9.17, 15) is 23.9 Å². The molecule has 0 amide bonds. The molecule has 0 atom stereocenters. The van der Waals surface area contributed by atoms with Crippen molar-refractivity contribution in [3.8, 4) is 16.9 Å². The first-order valence-electron chi connectivity index (χ1n) is 9.43. The lowest BCUT2D eigenvalue weighted by Crippen LogP contribution is -2.20. The Labute approximate surface area is 168 Å². The maximum atomic E-state index is 15.0. The topological polar surface area (TPSA) is 97.1 Å². The highest BCUT2D eigenvalue weighted by molar-refractivity contribution is 5.93. The molecule has 0 unspecified atom stereocenters. The molecule has 0 spiro atoms. The molecule has 7 nitrogen and oxygen atoms in total. The minimum Gasteiger partial charge on any atom is -0.477 e. The summed E-state index contributed by atoms with van der Waals surface area (Å²) in [5.41, 5.74) is 0.0675. The van der Waals surface area contributed by atoms with Crippen molar-refractivity contribution in [2.75, 3.05) is 0 Å². The van der Waals surface area contributed by atoms with E-state index in [0.29, 0.717) is 11.2 Å². The van der Waals surface area contributed by atoms with Crippen LogP contribution in [0, 0.1) is 5.82 Å². The average molecular weight is 405 g/mol. The van der Waals surface area contributed by atoms with Crippen LogP contribution in [0.15, 0.2) is 64.3 Å². The van der Waals surface area contributed by atoms with Gasteiger partial charge in [0.25, 0.3) is 5.56 Å². The number of carboxylic acid groups (broad SMARTS) is 1. The fraction of sp³-hybridized carbons (Fsp3) is 0.136. The van der Waals surface area contributed by atoms with E-state index in [2.05, 4.69) is 5.10 Å². The number of carboxylic acids is 1. The van der Waals surface area contributed by atoms with Gasteiger partial charge in [-0.25, -0.2) is 13.9 Å². The van der Waals surface area contributed by atoms with Crippen LogP contribution in [0.3, 0.4) is 0 Å². The van der Waals surface area contributed by atoms with Gasteiger partial charge in [0.15, 0.2) is 0 Å². The third kappa shape index (κ3) is 2.85. The maximum absolute atomic E-state index is 15.0. The summed E-state index contributed by atoms with van der Waals surface area (Å²) in [7, 11) is 0. The maximum Gasteiger partial charge on any atom is 0.341 e. The highest BCUT2D eigenvalue weighted by Crippen LogP contribution is 2.37. The molecule has 0 aliphatic heterocycles. The van der Waals surface area contributed by atoms with Gasteiger partial charge in [-0.15, -0.1) is 0 Å². The standard InChI is InChI=1S/C22H16FN3O4/c23-16-8-14-18(25(13-6-7-13)11-15(21(14)28)22(29)30)10-19(16)26-20(27)9-17(24-26)12-4-2-1-3-5-12/h1-5,8-11,13,24H,6-7H2,(H,29,30). The molecule has 2 N–H and O–H groups in total. The Balaban J connectivity index is 1.75. The lowest BCUT2D eigenvalue weighted by molar-refractivity contribution is 0.0695. The van der Waals surface area contributed by atoms with E-state index in [-0.39, 0.29) is 17.1 Å². The number of nitrogens with zero attached hydrogens (tertiary/aromatic N) is 2. The number of hydrogen-bond acceptors (Lipinski definition) is 3. The van der Waals surface area contributed by atoms with Crippen LogP contribution in [0.4, 0.5) is 4.39 Å². The van der Waals surface area contributed by atoms with E-state index in [4.69, 9.17) is 0 Å². The Kier molecular flexibility index (Phi) is 3.95. The molecule has 4 aromatic rings. The van der Waals surface area contributed by atoms with Crippen LogP contribution < -0.4 is 11.0 Å². The Bertz CT molecular complexity index is 1430. The van der Waals surface area contributed by atoms with E-state index in [1.165, 1.54) is 18.3 Å². The van der Waals surface area contributed by atoms with Gasteiger partial charge in [-0.05, 0) is 30.5 Å². The SMILES string of the molecule is O=C(O)c1cn(C2CC2)c2cc(-n3[nH]c(-c4ccccc4)cc3=O)c(F)cc2c1=O. The number of aromatic carboxylic acids is 1. The highest BCUT2D eigenvalue weighted by Gasteiger charge is 2.27. The molecule has 2 heterocycles. The molecule has 1 aliphatic carbocycles. The van der Waals surface area contributed by atoms with Crippen molar-refractivity contribution in [3.63, 3.8) is 0 Å². The smallest absolute Gasteiger partial charge is 0.341 e. The summed E-state index contributed by atoms with van der Waals surface area (Å²) < 4.78 is 17.8. The molecule has 150 valence electrons. The van der Waals surface area contributed by atoms with Crippen LogP contribution in [0.1, 0.15) is 29.2 Å². The summed E-state index contributed by atoms with van der Waals surface area (Å²) in [6.45, 7) is 0. The number of carbonyl (C=O) groups is 1. The van der Waals surface area contributed by atoms with Gasteiger partial charge in [0, 0.05) is 23.7 Å². The fourth-order valence-electron chi connectivity index (χ4n) is 3.68. The molecule has 0 radical (unpaired) electrons. The van der Waals surface area contributed by atoms with Crippen molar-refractivity contribution in [1.29, 1.82) is 0 Å². The molecule has 5 rings (SSSR count). The van der Waals surface area contributed by atoms with Gasteiger partial charge in [-0.2, -0.15) is 0 Å². The van der Waals surface area contributed by atoms with Gasteiger partial charge in [0.2, 0.25) is 5.43 Å². The van der Waals surface area contributed by atoms with Gasteiger partial charge < -0.3 is 9.67 Å². The predicted molar refractivity (Wildman–Crippen MR) is 109 cm³/mol. The van der Waals surface area contributed by atoms with Crippen molar-refractivity contribution < 1.29 is 14.3 Å². The lowest BCUT2D eigenvalue weighted by atomic mass is 10.1. The number of H-pyrrole nitrogens is 1. The molecule has 1 saturated carbocycles. The van der Waals surface area contributed by atoms with E-state index >= 15 is 0 Å². The zero-order chi connectivity index (χ0) is 21.0. The van der Waals surface area contributed by atoms with Crippen molar-refractivity contribution in [3.05, 3.63) is 86.7 Å². The van der Waals surface area contributed by atoms with Gasteiger partial charge in [0.1, 0.15) is 17.1 Å². The van der Waals surface area contributed by atoms with Crippen molar-refractivity contribution >= 4 is 16.9 Å². The number of hydrogen-bond donors (Lipinski definition) is 2. The molecule has 0 saturated heterocycles. The first-order chi connectivity index (χ1) is 14.4. The number of aromatic nitrogens is 3. The number of pyridine rings is 1. The third-order valence-electron chi connectivity index (χ3n) is 5.32. The summed E-state index contributed by atoms with van der Waals surface area (Å²) in [5.74, 6) is -2.15. The Morgan fingerprint density at radius 3 is 2.50 bits per heavy atom. The number of nitrogens with one attached hydrogen (secondary N) is 1. The normalized spacial score (nSPS) is 13.6. The second-order valence-electron chi connectivity index (χ2n) is 7.35. The molecular formula is C22H16FN3O4. The van der Waals surface area contributed by atoms with Crippen LogP contribution in [0.2, 0.25) is 0 Å². The summed E-state index contributed by atoms with van der Waals surface area (Å²) in [6, 6.07) is 13.0. The minimum atomic E-state index is -1.35. The molecule has 1 aliphatic rings. The lowest BCUT2D eigenvalue weighted by Gasteiger charge is -2.13. The first kappa shape index (κ1) is 18.1. The van der Waals surface area contributed by atoms with Crippen LogP contribution in [0.5, 0.6) is 0 Å². The molecule has 2 aromatic heterocycles. The second-order valence-corrected chi connectivity index (χ2v) is 7.35. The first-order valence-corrected chi connectivity index (χ1v) is 9.43. The quantitative estimate of drug-likeness (QED) is 0.544. The van der Waals surface area contributed by atoms with Crippen LogP contribution in [-0.2, 0) is 0 Å². The number of benzene rings is 2. The molecule has 30 heavy (non-hydrogen) atoms. The van der Waals surface area contributed by atoms with Crippen molar-refractivity contribution in [1.82, 2.24) is 14.3 Å². The third-order valence-corrected chi connectivity index (χ3v) is 5.32. The van der Waals surface area contributed by atoms with Gasteiger partial charge in [0.05, 0.1) is 11.2 Å². The number of halogens is 1. The Morgan fingerprint density at radius 2 is 1.83 bits per heavy atom. The minimum absolute atomic E-state index is 0.0223. The molecule has 8 heteroatoms. The molecule has 2 aromatic carbocycles.